The number of halogens is 3. The van der Waals surface area contributed by atoms with Crippen LogP contribution in [0, 0.1) is 13.8 Å². The number of carbonyl (C=O) groups excluding carboxylic acids is 1. The molecule has 1 unspecified atom stereocenters. The van der Waals surface area contributed by atoms with Gasteiger partial charge in [-0.2, -0.15) is 0 Å². The molecule has 0 aliphatic rings. The molecule has 0 saturated heterocycles. The summed E-state index contributed by atoms with van der Waals surface area (Å²) in [7, 11) is 0. The van der Waals surface area contributed by atoms with Crippen LogP contribution in [0.1, 0.15) is 36.9 Å². The Kier molecular flexibility index (Phi) is 8.33. The van der Waals surface area contributed by atoms with E-state index < -0.39 is 0 Å². The quantitative estimate of drug-likeness (QED) is 0.267. The van der Waals surface area contributed by atoms with Gasteiger partial charge in [0.1, 0.15) is 5.75 Å². The maximum Gasteiger partial charge on any atom is 0.234 e. The van der Waals surface area contributed by atoms with Gasteiger partial charge in [-0.15, -0.1) is 10.2 Å². The number of rotatable bonds is 8. The topological polar surface area (TPSA) is 69.0 Å². The minimum atomic E-state index is -0.303. The zero-order valence-electron chi connectivity index (χ0n) is 18.1. The average Bonchev–Trinajstić information content (AvgIpc) is 3.16. The Balaban J connectivity index is 1.66. The minimum absolute atomic E-state index is 0.126. The Labute approximate surface area is 206 Å². The fourth-order valence-electron chi connectivity index (χ4n) is 2.98. The number of aromatic nitrogens is 3. The molecular formula is C22H23Cl3N4O2S. The SMILES string of the molecule is CCn1c(SCC(=O)Nc2cc(Cl)c(Cl)cc2Cl)nnc1C(C)Oc1ccc(C)c(C)c1. The largest absolute Gasteiger partial charge is 0.483 e. The Hall–Kier alpha value is -1.93. The van der Waals surface area contributed by atoms with Crippen molar-refractivity contribution in [3.8, 4) is 5.75 Å². The van der Waals surface area contributed by atoms with Gasteiger partial charge in [-0.3, -0.25) is 4.79 Å². The molecule has 6 nitrogen and oxygen atoms in total. The van der Waals surface area contributed by atoms with Gasteiger partial charge in [0.2, 0.25) is 5.91 Å². The summed E-state index contributed by atoms with van der Waals surface area (Å²) in [5.41, 5.74) is 2.77. The lowest BCUT2D eigenvalue weighted by Gasteiger charge is -2.16. The fraction of sp³-hybridized carbons (Fsp3) is 0.318. The van der Waals surface area contributed by atoms with E-state index in [0.29, 0.717) is 38.3 Å². The summed E-state index contributed by atoms with van der Waals surface area (Å²) in [5.74, 6) is 1.35. The first-order chi connectivity index (χ1) is 15.2. The van der Waals surface area contributed by atoms with Crippen molar-refractivity contribution in [2.24, 2.45) is 0 Å². The van der Waals surface area contributed by atoms with Crippen LogP contribution >= 0.6 is 46.6 Å². The van der Waals surface area contributed by atoms with Gasteiger partial charge >= 0.3 is 0 Å². The van der Waals surface area contributed by atoms with Gasteiger partial charge in [0.15, 0.2) is 17.1 Å². The van der Waals surface area contributed by atoms with Crippen LogP contribution in [0.25, 0.3) is 0 Å². The molecule has 3 aromatic rings. The standard InChI is InChI=1S/C22H23Cl3N4O2S/c1-5-29-21(14(4)31-15-7-6-12(2)13(3)8-15)27-28-22(29)32-11-20(30)26-19-10-17(24)16(23)9-18(19)25/h6-10,14H,5,11H2,1-4H3,(H,26,30). The molecule has 1 N–H and O–H groups in total. The van der Waals surface area contributed by atoms with E-state index in [2.05, 4.69) is 22.4 Å². The van der Waals surface area contributed by atoms with E-state index in [9.17, 15) is 4.79 Å². The Morgan fingerprint density at radius 1 is 1.09 bits per heavy atom. The number of anilines is 1. The molecule has 0 radical (unpaired) electrons. The zero-order valence-corrected chi connectivity index (χ0v) is 21.2. The highest BCUT2D eigenvalue weighted by Crippen LogP contribution is 2.32. The van der Waals surface area contributed by atoms with Gasteiger partial charge in [0.25, 0.3) is 0 Å². The van der Waals surface area contributed by atoms with Crippen molar-refractivity contribution in [1.82, 2.24) is 14.8 Å². The molecule has 3 rings (SSSR count). The Bertz CT molecular complexity index is 1140. The number of aryl methyl sites for hydroxylation is 2. The van der Waals surface area contributed by atoms with Crippen LogP contribution < -0.4 is 10.1 Å². The normalized spacial score (nSPS) is 12.0. The number of hydrogen-bond acceptors (Lipinski definition) is 5. The van der Waals surface area contributed by atoms with Crippen LogP contribution in [-0.4, -0.2) is 26.4 Å². The van der Waals surface area contributed by atoms with E-state index in [0.717, 1.165) is 11.3 Å². The number of thioether (sulfide) groups is 1. The number of ether oxygens (including phenoxy) is 1. The van der Waals surface area contributed by atoms with Crippen molar-refractivity contribution in [3.05, 3.63) is 62.4 Å². The first-order valence-corrected chi connectivity index (χ1v) is 12.1. The number of hydrogen-bond donors (Lipinski definition) is 1. The summed E-state index contributed by atoms with van der Waals surface area (Å²) in [4.78, 5) is 12.4. The van der Waals surface area contributed by atoms with Crippen molar-refractivity contribution in [3.63, 3.8) is 0 Å². The van der Waals surface area contributed by atoms with Crippen LogP contribution in [0.15, 0.2) is 35.5 Å². The molecule has 0 fully saturated rings. The van der Waals surface area contributed by atoms with Crippen LogP contribution in [0.4, 0.5) is 5.69 Å². The molecular weight excluding hydrogens is 491 g/mol. The maximum absolute atomic E-state index is 12.4. The lowest BCUT2D eigenvalue weighted by atomic mass is 10.1. The van der Waals surface area contributed by atoms with E-state index in [1.807, 2.05) is 43.5 Å². The van der Waals surface area contributed by atoms with E-state index >= 15 is 0 Å². The fourth-order valence-corrected chi connectivity index (χ4v) is 4.39. The van der Waals surface area contributed by atoms with Crippen molar-refractivity contribution < 1.29 is 9.53 Å². The minimum Gasteiger partial charge on any atom is -0.483 e. The van der Waals surface area contributed by atoms with Gasteiger partial charge in [-0.1, -0.05) is 52.6 Å². The summed E-state index contributed by atoms with van der Waals surface area (Å²) in [6.07, 6.45) is -0.303. The molecule has 0 saturated carbocycles. The molecule has 0 spiro atoms. The first kappa shape index (κ1) is 24.7. The highest BCUT2D eigenvalue weighted by atomic mass is 35.5. The predicted molar refractivity (Wildman–Crippen MR) is 131 cm³/mol. The number of nitrogens with zero attached hydrogens (tertiary/aromatic N) is 3. The summed E-state index contributed by atoms with van der Waals surface area (Å²) in [6.45, 7) is 8.68. The number of nitrogens with one attached hydrogen (secondary N) is 1. The molecule has 10 heteroatoms. The van der Waals surface area contributed by atoms with Crippen molar-refractivity contribution in [2.45, 2.75) is 45.5 Å². The molecule has 1 atom stereocenters. The van der Waals surface area contributed by atoms with Crippen LogP contribution in [0.2, 0.25) is 15.1 Å². The Morgan fingerprint density at radius 2 is 1.81 bits per heavy atom. The van der Waals surface area contributed by atoms with E-state index in [1.165, 1.54) is 29.5 Å². The number of benzene rings is 2. The second kappa shape index (κ2) is 10.8. The summed E-state index contributed by atoms with van der Waals surface area (Å²) < 4.78 is 8.02. The Morgan fingerprint density at radius 3 is 2.50 bits per heavy atom. The number of amides is 1. The van der Waals surface area contributed by atoms with E-state index in [-0.39, 0.29) is 17.8 Å². The zero-order chi connectivity index (χ0) is 23.4. The lowest BCUT2D eigenvalue weighted by Crippen LogP contribution is -2.15. The second-order valence-electron chi connectivity index (χ2n) is 7.17. The monoisotopic (exact) mass is 512 g/mol. The molecule has 0 aliphatic carbocycles. The molecule has 0 aliphatic heterocycles. The average molecular weight is 514 g/mol. The van der Waals surface area contributed by atoms with Gasteiger partial charge in [0.05, 0.1) is 26.5 Å². The third kappa shape index (κ3) is 5.90. The molecule has 1 amide bonds. The molecule has 2 aromatic carbocycles. The van der Waals surface area contributed by atoms with Crippen LogP contribution in [-0.2, 0) is 11.3 Å². The molecule has 32 heavy (non-hydrogen) atoms. The maximum atomic E-state index is 12.4. The highest BCUT2D eigenvalue weighted by molar-refractivity contribution is 7.99. The first-order valence-electron chi connectivity index (χ1n) is 9.93. The summed E-state index contributed by atoms with van der Waals surface area (Å²) in [6, 6.07) is 8.99. The van der Waals surface area contributed by atoms with E-state index in [1.54, 1.807) is 0 Å². The van der Waals surface area contributed by atoms with Gasteiger partial charge in [-0.25, -0.2) is 0 Å². The molecule has 170 valence electrons. The smallest absolute Gasteiger partial charge is 0.234 e. The third-order valence-electron chi connectivity index (χ3n) is 4.83. The molecule has 1 aromatic heterocycles. The van der Waals surface area contributed by atoms with Crippen molar-refractivity contribution in [1.29, 1.82) is 0 Å². The predicted octanol–water partition coefficient (Wildman–Crippen LogP) is 6.75. The highest BCUT2D eigenvalue weighted by Gasteiger charge is 2.20. The van der Waals surface area contributed by atoms with E-state index in [4.69, 9.17) is 39.5 Å². The van der Waals surface area contributed by atoms with Gasteiger partial charge < -0.3 is 14.6 Å². The van der Waals surface area contributed by atoms with Crippen LogP contribution in [0.5, 0.6) is 5.75 Å². The molecule has 1 heterocycles. The van der Waals surface area contributed by atoms with Crippen molar-refractivity contribution in [2.75, 3.05) is 11.1 Å². The van der Waals surface area contributed by atoms with Crippen molar-refractivity contribution >= 4 is 58.2 Å². The molecule has 0 bridgehead atoms. The third-order valence-corrected chi connectivity index (χ3v) is 6.83. The van der Waals surface area contributed by atoms with Gasteiger partial charge in [0, 0.05) is 6.54 Å². The van der Waals surface area contributed by atoms with Gasteiger partial charge in [-0.05, 0) is 63.1 Å². The number of carbonyl (C=O) groups is 1. The summed E-state index contributed by atoms with van der Waals surface area (Å²) in [5, 5.41) is 12.9. The second-order valence-corrected chi connectivity index (χ2v) is 9.34. The van der Waals surface area contributed by atoms with Crippen LogP contribution in [0.3, 0.4) is 0 Å². The summed E-state index contributed by atoms with van der Waals surface area (Å²) >= 11 is 19.3. The lowest BCUT2D eigenvalue weighted by molar-refractivity contribution is -0.113.